The summed E-state index contributed by atoms with van der Waals surface area (Å²) < 4.78 is 5.79. The predicted octanol–water partition coefficient (Wildman–Crippen LogP) is 5.55. The molecule has 0 aliphatic carbocycles. The minimum atomic E-state index is 0.389. The van der Waals surface area contributed by atoms with Gasteiger partial charge in [0, 0.05) is 34.9 Å². The van der Waals surface area contributed by atoms with Gasteiger partial charge in [0.2, 0.25) is 0 Å². The molecule has 9 heteroatoms. The van der Waals surface area contributed by atoms with Crippen molar-refractivity contribution in [2.24, 2.45) is 5.92 Å². The van der Waals surface area contributed by atoms with Crippen LogP contribution in [-0.4, -0.2) is 21.5 Å². The fourth-order valence-electron chi connectivity index (χ4n) is 3.44. The third-order valence-electron chi connectivity index (χ3n) is 5.01. The van der Waals surface area contributed by atoms with Crippen molar-refractivity contribution in [2.45, 2.75) is 13.5 Å². The quantitative estimate of drug-likeness (QED) is 0.330. The minimum Gasteiger partial charge on any atom is -0.485 e. The van der Waals surface area contributed by atoms with Crippen molar-refractivity contribution in [3.05, 3.63) is 76.2 Å². The van der Waals surface area contributed by atoms with E-state index in [-0.39, 0.29) is 0 Å². The van der Waals surface area contributed by atoms with Gasteiger partial charge in [-0.25, -0.2) is 15.0 Å². The zero-order valence-corrected chi connectivity index (χ0v) is 18.9. The van der Waals surface area contributed by atoms with E-state index in [4.69, 9.17) is 16.3 Å². The second-order valence-corrected chi connectivity index (χ2v) is 8.89. The Balaban J connectivity index is 1.35. The second kappa shape index (κ2) is 9.02. The summed E-state index contributed by atoms with van der Waals surface area (Å²) in [6.07, 6.45) is 5.49. The number of halogens is 1. The van der Waals surface area contributed by atoms with Crippen LogP contribution in [0.15, 0.2) is 66.2 Å². The highest BCUT2D eigenvalue weighted by Crippen LogP contribution is 2.32. The lowest BCUT2D eigenvalue weighted by molar-refractivity contribution is 0.306. The van der Waals surface area contributed by atoms with Gasteiger partial charge in [-0.3, -0.25) is 0 Å². The molecular formula is C23H21ClN6OS. The smallest absolute Gasteiger partial charge is 0.141 e. The Hall–Kier alpha value is -3.36. The molecule has 2 aromatic heterocycles. The fraction of sp³-hybridized carbons (Fsp3) is 0.174. The van der Waals surface area contributed by atoms with E-state index in [2.05, 4.69) is 43.9 Å². The minimum absolute atomic E-state index is 0.389. The molecule has 0 unspecified atom stereocenters. The van der Waals surface area contributed by atoms with Crippen LogP contribution in [0.25, 0.3) is 10.9 Å². The van der Waals surface area contributed by atoms with E-state index in [0.717, 1.165) is 39.7 Å². The van der Waals surface area contributed by atoms with E-state index in [0.29, 0.717) is 29.1 Å². The first kappa shape index (κ1) is 20.5. The maximum absolute atomic E-state index is 6.45. The molecule has 0 saturated carbocycles. The first-order valence-corrected chi connectivity index (χ1v) is 11.4. The molecule has 0 spiro atoms. The molecule has 3 N–H and O–H groups in total. The van der Waals surface area contributed by atoms with Crippen LogP contribution in [0.2, 0.25) is 5.02 Å². The number of aromatic nitrogens is 3. The number of ether oxygens (including phenoxy) is 1. The van der Waals surface area contributed by atoms with E-state index in [1.807, 2.05) is 41.8 Å². The van der Waals surface area contributed by atoms with Gasteiger partial charge in [0.1, 0.15) is 29.5 Å². The molecule has 162 valence electrons. The van der Waals surface area contributed by atoms with Crippen molar-refractivity contribution < 1.29 is 4.74 Å². The third kappa shape index (κ3) is 4.61. The number of benzene rings is 2. The van der Waals surface area contributed by atoms with E-state index in [1.54, 1.807) is 23.9 Å². The number of thiazole rings is 1. The van der Waals surface area contributed by atoms with Crippen LogP contribution in [0.4, 0.5) is 17.2 Å². The molecule has 1 aliphatic heterocycles. The summed E-state index contributed by atoms with van der Waals surface area (Å²) in [6.45, 7) is 3.51. The van der Waals surface area contributed by atoms with Crippen molar-refractivity contribution in [1.82, 2.24) is 20.3 Å². The van der Waals surface area contributed by atoms with E-state index >= 15 is 0 Å². The zero-order valence-electron chi connectivity index (χ0n) is 17.3. The van der Waals surface area contributed by atoms with Crippen LogP contribution in [0.1, 0.15) is 11.9 Å². The van der Waals surface area contributed by atoms with Crippen molar-refractivity contribution >= 4 is 51.0 Å². The molecule has 0 bridgehead atoms. The fourth-order valence-corrected chi connectivity index (χ4v) is 4.21. The highest BCUT2D eigenvalue weighted by molar-refractivity contribution is 7.09. The second-order valence-electron chi connectivity index (χ2n) is 7.50. The van der Waals surface area contributed by atoms with Crippen LogP contribution < -0.4 is 20.7 Å². The molecule has 0 amide bonds. The molecule has 1 aliphatic rings. The Bertz CT molecular complexity index is 1280. The Kier molecular flexibility index (Phi) is 5.79. The van der Waals surface area contributed by atoms with Gasteiger partial charge in [-0.1, -0.05) is 18.5 Å². The largest absolute Gasteiger partial charge is 0.485 e. The SMILES string of the molecule is C[C@H]1C=C(Nc2ccc3ncnc(Nc4ccc(OCc5nccs5)c(Cl)c4)c3c2)NC1. The Labute approximate surface area is 194 Å². The summed E-state index contributed by atoms with van der Waals surface area (Å²) in [6, 6.07) is 11.6. The number of nitrogens with one attached hydrogen (secondary N) is 3. The molecule has 2 aromatic carbocycles. The van der Waals surface area contributed by atoms with Gasteiger partial charge >= 0.3 is 0 Å². The Morgan fingerprint density at radius 3 is 2.78 bits per heavy atom. The van der Waals surface area contributed by atoms with Gasteiger partial charge in [-0.15, -0.1) is 11.3 Å². The number of anilines is 3. The summed E-state index contributed by atoms with van der Waals surface area (Å²) in [4.78, 5) is 13.1. The normalized spacial score (nSPS) is 15.3. The summed E-state index contributed by atoms with van der Waals surface area (Å²) in [5.41, 5.74) is 2.63. The Morgan fingerprint density at radius 1 is 1.12 bits per heavy atom. The van der Waals surface area contributed by atoms with Crippen LogP contribution in [-0.2, 0) is 6.61 Å². The maximum atomic E-state index is 6.45. The number of hydrogen-bond donors (Lipinski definition) is 3. The van der Waals surface area contributed by atoms with Crippen LogP contribution in [0.5, 0.6) is 5.75 Å². The van der Waals surface area contributed by atoms with Gasteiger partial charge in [0.05, 0.1) is 16.4 Å². The molecule has 7 nitrogen and oxygen atoms in total. The van der Waals surface area contributed by atoms with Crippen LogP contribution >= 0.6 is 22.9 Å². The maximum Gasteiger partial charge on any atom is 0.141 e. The summed E-state index contributed by atoms with van der Waals surface area (Å²) in [7, 11) is 0. The average Bonchev–Trinajstić information content (AvgIpc) is 3.45. The summed E-state index contributed by atoms with van der Waals surface area (Å²) >= 11 is 7.99. The lowest BCUT2D eigenvalue weighted by Gasteiger charge is -2.13. The zero-order chi connectivity index (χ0) is 21.9. The summed E-state index contributed by atoms with van der Waals surface area (Å²) in [5.74, 6) is 2.84. The van der Waals surface area contributed by atoms with E-state index < -0.39 is 0 Å². The molecule has 3 heterocycles. The van der Waals surface area contributed by atoms with Crippen molar-refractivity contribution in [2.75, 3.05) is 17.2 Å². The van der Waals surface area contributed by atoms with E-state index in [1.165, 1.54) is 0 Å². The van der Waals surface area contributed by atoms with Gasteiger partial charge in [0.15, 0.2) is 0 Å². The monoisotopic (exact) mass is 464 g/mol. The third-order valence-corrected chi connectivity index (χ3v) is 6.06. The standard InChI is InChI=1S/C23H21ClN6OS/c1-14-8-21(26-11-14)29-15-2-4-19-17(9-15)23(28-13-27-19)30-16-3-5-20(18(24)10-16)31-12-22-25-6-7-32-22/h2-10,13-14,26,29H,11-12H2,1H3,(H,27,28,30)/t14-/m0/s1. The lowest BCUT2D eigenvalue weighted by atomic mass is 10.2. The topological polar surface area (TPSA) is 84.0 Å². The Morgan fingerprint density at radius 2 is 2.00 bits per heavy atom. The summed E-state index contributed by atoms with van der Waals surface area (Å²) in [5, 5.41) is 14.4. The number of fused-ring (bicyclic) bond motifs is 1. The van der Waals surface area contributed by atoms with Gasteiger partial charge in [0.25, 0.3) is 0 Å². The molecule has 1 atom stereocenters. The predicted molar refractivity (Wildman–Crippen MR) is 130 cm³/mol. The van der Waals surface area contributed by atoms with Gasteiger partial charge < -0.3 is 20.7 Å². The number of nitrogens with zero attached hydrogens (tertiary/aromatic N) is 3. The molecule has 0 radical (unpaired) electrons. The highest BCUT2D eigenvalue weighted by atomic mass is 35.5. The van der Waals surface area contributed by atoms with Crippen LogP contribution in [0.3, 0.4) is 0 Å². The molecular weight excluding hydrogens is 444 g/mol. The first-order valence-electron chi connectivity index (χ1n) is 10.2. The first-order chi connectivity index (χ1) is 15.6. The van der Waals surface area contributed by atoms with Crippen LogP contribution in [0, 0.1) is 5.92 Å². The van der Waals surface area contributed by atoms with Crippen molar-refractivity contribution in [3.63, 3.8) is 0 Å². The molecule has 0 fully saturated rings. The number of rotatable bonds is 7. The van der Waals surface area contributed by atoms with Gasteiger partial charge in [-0.2, -0.15) is 0 Å². The van der Waals surface area contributed by atoms with Crippen molar-refractivity contribution in [3.8, 4) is 5.75 Å². The van der Waals surface area contributed by atoms with Crippen molar-refractivity contribution in [1.29, 1.82) is 0 Å². The molecule has 4 aromatic rings. The molecule has 32 heavy (non-hydrogen) atoms. The average molecular weight is 465 g/mol. The molecule has 0 saturated heterocycles. The highest BCUT2D eigenvalue weighted by Gasteiger charge is 2.12. The lowest BCUT2D eigenvalue weighted by Crippen LogP contribution is -2.15. The molecule has 5 rings (SSSR count). The number of hydrogen-bond acceptors (Lipinski definition) is 8. The van der Waals surface area contributed by atoms with Gasteiger partial charge in [-0.05, 0) is 48.4 Å². The van der Waals surface area contributed by atoms with E-state index in [9.17, 15) is 0 Å².